The monoisotopic (exact) mass is 569 g/mol. The van der Waals surface area contributed by atoms with Crippen LogP contribution in [0, 0.1) is 0 Å². The molecule has 0 radical (unpaired) electrons. The highest BCUT2D eigenvalue weighted by Crippen LogP contribution is 2.35. The Morgan fingerprint density at radius 2 is 1.87 bits per heavy atom. The van der Waals surface area contributed by atoms with E-state index in [4.69, 9.17) is 33.8 Å². The van der Waals surface area contributed by atoms with Crippen LogP contribution in [-0.2, 0) is 7.05 Å². The van der Waals surface area contributed by atoms with Crippen molar-refractivity contribution in [2.75, 3.05) is 32.5 Å². The van der Waals surface area contributed by atoms with Crippen molar-refractivity contribution in [3.05, 3.63) is 62.6 Å². The van der Waals surface area contributed by atoms with Gasteiger partial charge in [0, 0.05) is 37.0 Å². The number of hydrogen-bond acceptors (Lipinski definition) is 7. The second-order valence-corrected chi connectivity index (χ2v) is 10.4. The Labute approximate surface area is 235 Å². The molecule has 1 aliphatic heterocycles. The summed E-state index contributed by atoms with van der Waals surface area (Å²) in [7, 11) is 3.13. The lowest BCUT2D eigenvalue weighted by Crippen LogP contribution is -2.41. The van der Waals surface area contributed by atoms with Crippen LogP contribution in [0.25, 0.3) is 33.5 Å². The quantitative estimate of drug-likeness (QED) is 0.348. The minimum Gasteiger partial charge on any atom is -0.412 e. The zero-order valence-corrected chi connectivity index (χ0v) is 23.4. The fraction of sp³-hybridized carbons (Fsp3) is 0.333. The van der Waals surface area contributed by atoms with E-state index in [2.05, 4.69) is 27.1 Å². The lowest BCUT2D eigenvalue weighted by atomic mass is 10.1. The van der Waals surface area contributed by atoms with Gasteiger partial charge in [0.1, 0.15) is 18.6 Å². The Kier molecular flexibility index (Phi) is 7.53. The largest absolute Gasteiger partial charge is 0.412 e. The number of carbonyl (C=O) groups is 1. The van der Waals surface area contributed by atoms with Crippen LogP contribution in [0.5, 0.6) is 0 Å². The Hall–Kier alpha value is -3.60. The number of likely N-dealkylation sites (tertiary alicyclic amines) is 1. The van der Waals surface area contributed by atoms with Crippen molar-refractivity contribution in [3.63, 3.8) is 0 Å². The van der Waals surface area contributed by atoms with Crippen LogP contribution in [0.1, 0.15) is 30.3 Å². The number of nitrogens with zero attached hydrogens (tertiary/aromatic N) is 5. The third-order valence-corrected chi connectivity index (χ3v) is 7.71. The van der Waals surface area contributed by atoms with Gasteiger partial charge in [-0.1, -0.05) is 29.3 Å². The molecule has 0 spiro atoms. The summed E-state index contributed by atoms with van der Waals surface area (Å²) in [6, 6.07) is 8.49. The number of anilines is 1. The van der Waals surface area contributed by atoms with Gasteiger partial charge in [-0.15, -0.1) is 4.73 Å². The van der Waals surface area contributed by atoms with Crippen LogP contribution in [0.15, 0.2) is 41.3 Å². The average Bonchev–Trinajstić information content (AvgIpc) is 3.58. The van der Waals surface area contributed by atoms with E-state index in [0.717, 1.165) is 17.8 Å². The Morgan fingerprint density at radius 3 is 2.54 bits per heavy atom. The minimum absolute atomic E-state index is 0.125. The summed E-state index contributed by atoms with van der Waals surface area (Å²) in [6.45, 7) is 4.79. The van der Waals surface area contributed by atoms with Crippen LogP contribution in [0.4, 0.5) is 5.82 Å². The number of aromatic nitrogens is 4. The summed E-state index contributed by atoms with van der Waals surface area (Å²) >= 11 is 12.7. The van der Waals surface area contributed by atoms with E-state index in [1.54, 1.807) is 48.1 Å². The maximum absolute atomic E-state index is 13.4. The van der Waals surface area contributed by atoms with E-state index in [1.807, 2.05) is 0 Å². The standard InChI is InChI=1S/C27H29Cl2N7O3/c1-15(35-9-4-5-10-35)13-31-26(37)21-11-16(14-34(21)2)24-32-23(30)18-12-17(22-19(28)7-6-8-20(22)29)27(38)36(39-3)25(18)33-24/h6-8,11-12,14-15H,4-5,9-10,13H2,1-3H3,(H,31,37)(H2,30,32,33). The first-order valence-electron chi connectivity index (χ1n) is 12.6. The number of benzene rings is 1. The predicted molar refractivity (Wildman–Crippen MR) is 153 cm³/mol. The van der Waals surface area contributed by atoms with Crippen LogP contribution >= 0.6 is 23.2 Å². The van der Waals surface area contributed by atoms with Crippen molar-refractivity contribution < 1.29 is 9.63 Å². The smallest absolute Gasteiger partial charge is 0.293 e. The molecule has 1 saturated heterocycles. The fourth-order valence-electron chi connectivity index (χ4n) is 4.97. The molecular formula is C27H29Cl2N7O3. The van der Waals surface area contributed by atoms with Crippen LogP contribution in [0.3, 0.4) is 0 Å². The van der Waals surface area contributed by atoms with E-state index < -0.39 is 5.56 Å². The Bertz CT molecular complexity index is 1610. The fourth-order valence-corrected chi connectivity index (χ4v) is 5.57. The number of rotatable bonds is 7. The number of carbonyl (C=O) groups excluding carboxylic acids is 1. The highest BCUT2D eigenvalue weighted by atomic mass is 35.5. The van der Waals surface area contributed by atoms with Crippen molar-refractivity contribution in [3.8, 4) is 22.5 Å². The summed E-state index contributed by atoms with van der Waals surface area (Å²) in [6.07, 6.45) is 4.13. The van der Waals surface area contributed by atoms with E-state index in [-0.39, 0.29) is 34.8 Å². The zero-order chi connectivity index (χ0) is 27.8. The molecule has 1 aliphatic rings. The molecule has 1 atom stereocenters. The zero-order valence-electron chi connectivity index (χ0n) is 21.9. The molecule has 204 valence electrons. The molecule has 10 nitrogen and oxygen atoms in total. The van der Waals surface area contributed by atoms with E-state index in [0.29, 0.717) is 38.8 Å². The molecule has 5 rings (SSSR count). The summed E-state index contributed by atoms with van der Waals surface area (Å²) in [4.78, 5) is 43.2. The van der Waals surface area contributed by atoms with Crippen molar-refractivity contribution in [2.24, 2.45) is 7.05 Å². The number of nitrogens with one attached hydrogen (secondary N) is 1. The molecule has 3 aromatic heterocycles. The normalized spacial score (nSPS) is 14.6. The van der Waals surface area contributed by atoms with Crippen LogP contribution in [-0.4, -0.2) is 62.9 Å². The summed E-state index contributed by atoms with van der Waals surface area (Å²) < 4.78 is 2.74. The Morgan fingerprint density at radius 1 is 1.18 bits per heavy atom. The van der Waals surface area contributed by atoms with Crippen molar-refractivity contribution in [1.82, 2.24) is 29.5 Å². The first-order valence-corrected chi connectivity index (χ1v) is 13.4. The summed E-state index contributed by atoms with van der Waals surface area (Å²) in [5, 5.41) is 4.03. The van der Waals surface area contributed by atoms with Gasteiger partial charge in [0.2, 0.25) is 0 Å². The molecule has 1 unspecified atom stereocenters. The van der Waals surface area contributed by atoms with Gasteiger partial charge < -0.3 is 20.5 Å². The first-order chi connectivity index (χ1) is 18.7. The third kappa shape index (κ3) is 5.07. The molecule has 4 aromatic rings. The van der Waals surface area contributed by atoms with Gasteiger partial charge in [-0.05, 0) is 57.1 Å². The van der Waals surface area contributed by atoms with Gasteiger partial charge in [0.05, 0.1) is 21.0 Å². The lowest BCUT2D eigenvalue weighted by molar-refractivity contribution is 0.0932. The number of amides is 1. The number of aryl methyl sites for hydroxylation is 1. The SMILES string of the molecule is COn1c(=O)c(-c2c(Cl)cccc2Cl)cc2c(N)nc(-c3cc(C(=O)NCC(C)N4CCCC4)n(C)c3)nc21. The highest BCUT2D eigenvalue weighted by Gasteiger charge is 2.23. The lowest BCUT2D eigenvalue weighted by Gasteiger charge is -2.23. The number of pyridine rings is 1. The van der Waals surface area contributed by atoms with Crippen molar-refractivity contribution >= 4 is 46.0 Å². The first kappa shape index (κ1) is 27.0. The summed E-state index contributed by atoms with van der Waals surface area (Å²) in [5.41, 5.74) is 7.60. The van der Waals surface area contributed by atoms with Crippen LogP contribution < -0.4 is 21.4 Å². The molecule has 0 aliphatic carbocycles. The molecule has 12 heteroatoms. The maximum Gasteiger partial charge on any atom is 0.293 e. The van der Waals surface area contributed by atoms with Gasteiger partial charge in [-0.25, -0.2) is 9.97 Å². The molecule has 39 heavy (non-hydrogen) atoms. The van der Waals surface area contributed by atoms with Crippen molar-refractivity contribution in [2.45, 2.75) is 25.8 Å². The van der Waals surface area contributed by atoms with E-state index in [1.165, 1.54) is 20.0 Å². The second kappa shape index (κ2) is 10.9. The number of halogens is 2. The molecule has 3 N–H and O–H groups in total. The minimum atomic E-state index is -0.510. The molecule has 1 amide bonds. The molecule has 0 saturated carbocycles. The molecule has 1 fully saturated rings. The van der Waals surface area contributed by atoms with Gasteiger partial charge in [0.25, 0.3) is 11.5 Å². The van der Waals surface area contributed by atoms with Gasteiger partial charge in [-0.3, -0.25) is 14.5 Å². The number of fused-ring (bicyclic) bond motifs is 1. The van der Waals surface area contributed by atoms with Crippen LogP contribution in [0.2, 0.25) is 10.0 Å². The number of nitrogen functional groups attached to an aromatic ring is 1. The highest BCUT2D eigenvalue weighted by molar-refractivity contribution is 6.39. The molecule has 0 bridgehead atoms. The predicted octanol–water partition coefficient (Wildman–Crippen LogP) is 3.63. The second-order valence-electron chi connectivity index (χ2n) is 9.63. The number of hydrogen-bond donors (Lipinski definition) is 2. The Balaban J connectivity index is 1.50. The van der Waals surface area contributed by atoms with Crippen molar-refractivity contribution in [1.29, 1.82) is 0 Å². The van der Waals surface area contributed by atoms with E-state index >= 15 is 0 Å². The molecular weight excluding hydrogens is 541 g/mol. The van der Waals surface area contributed by atoms with E-state index in [9.17, 15) is 9.59 Å². The number of nitrogens with two attached hydrogens (primary N) is 1. The molecule has 4 heterocycles. The van der Waals surface area contributed by atoms with Gasteiger partial charge in [-0.2, -0.15) is 0 Å². The summed E-state index contributed by atoms with van der Waals surface area (Å²) in [5.74, 6) is 0.173. The molecule has 1 aromatic carbocycles. The average molecular weight is 570 g/mol. The third-order valence-electron chi connectivity index (χ3n) is 7.08. The topological polar surface area (TPSA) is 120 Å². The van der Waals surface area contributed by atoms with Gasteiger partial charge in [0.15, 0.2) is 11.5 Å². The maximum atomic E-state index is 13.4. The van der Waals surface area contributed by atoms with Gasteiger partial charge >= 0.3 is 0 Å².